The summed E-state index contributed by atoms with van der Waals surface area (Å²) in [4.78, 5) is 12.4. The third kappa shape index (κ3) is 5.11. The fraction of sp³-hybridized carbons (Fsp3) is 0.318. The van der Waals surface area contributed by atoms with E-state index in [1.54, 1.807) is 21.3 Å². The molecule has 1 N–H and O–H groups in total. The summed E-state index contributed by atoms with van der Waals surface area (Å²) in [6.45, 7) is 1.96. The largest absolute Gasteiger partial charge is 0.493 e. The number of aromatic nitrogens is 3. The first-order valence-electron chi connectivity index (χ1n) is 9.65. The second-order valence-corrected chi connectivity index (χ2v) is 7.71. The molecule has 1 amide bonds. The number of methoxy groups -OCH3 is 3. The van der Waals surface area contributed by atoms with Crippen LogP contribution in [0.4, 0.5) is 0 Å². The number of carbonyl (C=O) groups excluding carboxylic acids is 1. The molecule has 0 aliphatic heterocycles. The van der Waals surface area contributed by atoms with E-state index in [1.807, 2.05) is 61.0 Å². The number of ether oxygens (including phenoxy) is 3. The van der Waals surface area contributed by atoms with Gasteiger partial charge in [0, 0.05) is 12.6 Å². The molecule has 0 aliphatic rings. The number of thioether (sulfide) groups is 1. The van der Waals surface area contributed by atoms with Crippen molar-refractivity contribution in [1.29, 1.82) is 0 Å². The fourth-order valence-corrected chi connectivity index (χ4v) is 3.86. The van der Waals surface area contributed by atoms with Crippen LogP contribution in [-0.2, 0) is 11.8 Å². The Morgan fingerprint density at radius 3 is 2.29 bits per heavy atom. The molecular formula is C22H26N4O4S. The lowest BCUT2D eigenvalue weighted by Gasteiger charge is -2.14. The van der Waals surface area contributed by atoms with Gasteiger partial charge in [0.2, 0.25) is 11.7 Å². The number of nitrogens with zero attached hydrogens (tertiary/aromatic N) is 3. The van der Waals surface area contributed by atoms with Crippen molar-refractivity contribution in [2.75, 3.05) is 27.1 Å². The molecule has 0 aliphatic carbocycles. The van der Waals surface area contributed by atoms with Gasteiger partial charge in [-0.3, -0.25) is 4.79 Å². The standard InChI is InChI=1S/C22H26N4O4S/c1-14(15-9-7-6-8-10-15)23-19(27)13-31-22-25-24-21(26(22)2)16-11-17(28-3)20(30-5)18(12-16)29-4/h6-12,14H,13H2,1-5H3,(H,23,27). The molecule has 1 unspecified atom stereocenters. The third-order valence-electron chi connectivity index (χ3n) is 4.77. The third-order valence-corrected chi connectivity index (χ3v) is 5.79. The van der Waals surface area contributed by atoms with E-state index in [0.717, 1.165) is 11.1 Å². The van der Waals surface area contributed by atoms with Crippen LogP contribution in [0, 0.1) is 0 Å². The van der Waals surface area contributed by atoms with Crippen molar-refractivity contribution in [2.24, 2.45) is 7.05 Å². The highest BCUT2D eigenvalue weighted by Gasteiger charge is 2.19. The summed E-state index contributed by atoms with van der Waals surface area (Å²) in [5.41, 5.74) is 1.82. The molecule has 0 saturated heterocycles. The van der Waals surface area contributed by atoms with Crippen molar-refractivity contribution >= 4 is 17.7 Å². The van der Waals surface area contributed by atoms with E-state index >= 15 is 0 Å². The van der Waals surface area contributed by atoms with Gasteiger partial charge in [0.1, 0.15) is 0 Å². The first-order valence-corrected chi connectivity index (χ1v) is 10.6. The molecular weight excluding hydrogens is 416 g/mol. The van der Waals surface area contributed by atoms with Crippen LogP contribution in [-0.4, -0.2) is 47.8 Å². The lowest BCUT2D eigenvalue weighted by Crippen LogP contribution is -2.28. The maximum atomic E-state index is 12.4. The summed E-state index contributed by atoms with van der Waals surface area (Å²) in [6, 6.07) is 13.4. The molecule has 3 rings (SSSR count). The van der Waals surface area contributed by atoms with Gasteiger partial charge in [-0.25, -0.2) is 0 Å². The van der Waals surface area contributed by atoms with Gasteiger partial charge >= 0.3 is 0 Å². The van der Waals surface area contributed by atoms with Crippen LogP contribution >= 0.6 is 11.8 Å². The first kappa shape index (κ1) is 22.5. The topological polar surface area (TPSA) is 87.5 Å². The van der Waals surface area contributed by atoms with Gasteiger partial charge in [0.05, 0.1) is 33.1 Å². The van der Waals surface area contributed by atoms with Gasteiger partial charge in [-0.1, -0.05) is 42.1 Å². The summed E-state index contributed by atoms with van der Waals surface area (Å²) < 4.78 is 18.0. The highest BCUT2D eigenvalue weighted by atomic mass is 32.2. The van der Waals surface area contributed by atoms with E-state index in [9.17, 15) is 4.79 Å². The second kappa shape index (κ2) is 10.2. The van der Waals surface area contributed by atoms with Gasteiger partial charge in [-0.2, -0.15) is 0 Å². The number of hydrogen-bond donors (Lipinski definition) is 1. The van der Waals surface area contributed by atoms with Crippen molar-refractivity contribution in [3.8, 4) is 28.6 Å². The number of amides is 1. The predicted molar refractivity (Wildman–Crippen MR) is 120 cm³/mol. The Balaban J connectivity index is 1.71. The van der Waals surface area contributed by atoms with Gasteiger partial charge in [0.15, 0.2) is 22.5 Å². The Kier molecular flexibility index (Phi) is 7.41. The number of rotatable bonds is 9. The van der Waals surface area contributed by atoms with E-state index in [1.165, 1.54) is 11.8 Å². The summed E-state index contributed by atoms with van der Waals surface area (Å²) in [6.07, 6.45) is 0. The summed E-state index contributed by atoms with van der Waals surface area (Å²) in [5.74, 6) is 2.36. The molecule has 1 aromatic heterocycles. The smallest absolute Gasteiger partial charge is 0.230 e. The molecule has 8 nitrogen and oxygen atoms in total. The minimum absolute atomic E-state index is 0.0661. The molecule has 9 heteroatoms. The second-order valence-electron chi connectivity index (χ2n) is 6.77. The lowest BCUT2D eigenvalue weighted by molar-refractivity contribution is -0.119. The predicted octanol–water partition coefficient (Wildman–Crippen LogP) is 3.48. The first-order chi connectivity index (χ1) is 15.0. The molecule has 2 aromatic carbocycles. The van der Waals surface area contributed by atoms with Crippen LogP contribution in [0.15, 0.2) is 47.6 Å². The van der Waals surface area contributed by atoms with Crippen LogP contribution in [0.3, 0.4) is 0 Å². The van der Waals surface area contributed by atoms with E-state index < -0.39 is 0 Å². The van der Waals surface area contributed by atoms with Crippen molar-refractivity contribution in [3.05, 3.63) is 48.0 Å². The van der Waals surface area contributed by atoms with Crippen molar-refractivity contribution in [3.63, 3.8) is 0 Å². The van der Waals surface area contributed by atoms with Gasteiger partial charge in [-0.15, -0.1) is 10.2 Å². The zero-order valence-electron chi connectivity index (χ0n) is 18.2. The average molecular weight is 443 g/mol. The van der Waals surface area contributed by atoms with Crippen LogP contribution < -0.4 is 19.5 Å². The highest BCUT2D eigenvalue weighted by Crippen LogP contribution is 2.41. The molecule has 3 aromatic rings. The molecule has 0 fully saturated rings. The molecule has 0 bridgehead atoms. The number of nitrogens with one attached hydrogen (secondary N) is 1. The Morgan fingerprint density at radius 1 is 1.06 bits per heavy atom. The highest BCUT2D eigenvalue weighted by molar-refractivity contribution is 7.99. The Labute approximate surface area is 185 Å². The van der Waals surface area contributed by atoms with Crippen LogP contribution in [0.2, 0.25) is 0 Å². The van der Waals surface area contributed by atoms with Crippen LogP contribution in [0.25, 0.3) is 11.4 Å². The summed E-state index contributed by atoms with van der Waals surface area (Å²) in [5, 5.41) is 12.2. The van der Waals surface area contributed by atoms with E-state index in [2.05, 4.69) is 15.5 Å². The molecule has 0 spiro atoms. The Bertz CT molecular complexity index is 1010. The fourth-order valence-electron chi connectivity index (χ4n) is 3.14. The normalized spacial score (nSPS) is 11.6. The summed E-state index contributed by atoms with van der Waals surface area (Å²) in [7, 11) is 6.54. The van der Waals surface area contributed by atoms with E-state index in [-0.39, 0.29) is 17.7 Å². The molecule has 0 radical (unpaired) electrons. The number of benzene rings is 2. The zero-order chi connectivity index (χ0) is 22.4. The van der Waals surface area contributed by atoms with Crippen LogP contribution in [0.1, 0.15) is 18.5 Å². The van der Waals surface area contributed by atoms with Crippen molar-refractivity contribution in [1.82, 2.24) is 20.1 Å². The van der Waals surface area contributed by atoms with Gasteiger partial charge < -0.3 is 24.1 Å². The molecule has 164 valence electrons. The minimum Gasteiger partial charge on any atom is -0.493 e. The Hall–Kier alpha value is -3.20. The molecule has 31 heavy (non-hydrogen) atoms. The average Bonchev–Trinajstić information content (AvgIpc) is 3.17. The lowest BCUT2D eigenvalue weighted by atomic mass is 10.1. The molecule has 1 atom stereocenters. The Morgan fingerprint density at radius 2 is 1.71 bits per heavy atom. The number of hydrogen-bond acceptors (Lipinski definition) is 7. The number of carbonyl (C=O) groups is 1. The quantitative estimate of drug-likeness (QED) is 0.508. The van der Waals surface area contributed by atoms with Crippen molar-refractivity contribution in [2.45, 2.75) is 18.1 Å². The van der Waals surface area contributed by atoms with Crippen molar-refractivity contribution < 1.29 is 19.0 Å². The monoisotopic (exact) mass is 442 g/mol. The molecule has 0 saturated carbocycles. The van der Waals surface area contributed by atoms with Gasteiger partial charge in [0.25, 0.3) is 0 Å². The SMILES string of the molecule is COc1cc(-c2nnc(SCC(=O)NC(C)c3ccccc3)n2C)cc(OC)c1OC. The van der Waals surface area contributed by atoms with Gasteiger partial charge in [-0.05, 0) is 24.6 Å². The van der Waals surface area contributed by atoms with E-state index in [0.29, 0.717) is 28.2 Å². The zero-order valence-corrected chi connectivity index (χ0v) is 19.0. The molecule has 1 heterocycles. The van der Waals surface area contributed by atoms with E-state index in [4.69, 9.17) is 14.2 Å². The summed E-state index contributed by atoms with van der Waals surface area (Å²) >= 11 is 1.33. The maximum absolute atomic E-state index is 12.4. The maximum Gasteiger partial charge on any atom is 0.230 e. The van der Waals surface area contributed by atoms with Crippen LogP contribution in [0.5, 0.6) is 17.2 Å². The minimum atomic E-state index is -0.0707.